The van der Waals surface area contributed by atoms with Crippen molar-refractivity contribution in [3.05, 3.63) is 111 Å². The van der Waals surface area contributed by atoms with E-state index in [1.54, 1.807) is 17.0 Å². The number of nitro benzene ring substituents is 1. The van der Waals surface area contributed by atoms with Crippen LogP contribution >= 0.6 is 11.8 Å². The molecule has 3 aromatic rings. The summed E-state index contributed by atoms with van der Waals surface area (Å²) < 4.78 is 0. The highest BCUT2D eigenvalue weighted by Crippen LogP contribution is 2.20. The summed E-state index contributed by atoms with van der Waals surface area (Å²) in [6.07, 6.45) is 1.20. The number of carbonyl (C=O) groups excluding carboxylic acids is 2. The first-order valence-corrected chi connectivity index (χ1v) is 13.9. The number of nitrogens with zero attached hydrogens (tertiary/aromatic N) is 2. The van der Waals surface area contributed by atoms with Crippen molar-refractivity contribution in [3.8, 4) is 0 Å². The summed E-state index contributed by atoms with van der Waals surface area (Å²) in [6.45, 7) is 6.31. The topological polar surface area (TPSA) is 92.6 Å². The summed E-state index contributed by atoms with van der Waals surface area (Å²) >= 11 is 1.43. The molecule has 8 heteroatoms. The molecule has 0 radical (unpaired) electrons. The minimum Gasteiger partial charge on any atom is -0.352 e. The molecule has 3 rings (SSSR count). The highest BCUT2D eigenvalue weighted by molar-refractivity contribution is 7.99. The lowest BCUT2D eigenvalue weighted by Gasteiger charge is -2.32. The highest BCUT2D eigenvalue weighted by Gasteiger charge is 2.30. The minimum atomic E-state index is -0.667. The first-order valence-electron chi connectivity index (χ1n) is 12.8. The number of nitrogens with one attached hydrogen (secondary N) is 1. The van der Waals surface area contributed by atoms with Gasteiger partial charge in [0.1, 0.15) is 6.04 Å². The van der Waals surface area contributed by atoms with Gasteiger partial charge in [0.05, 0.1) is 10.7 Å². The van der Waals surface area contributed by atoms with Gasteiger partial charge >= 0.3 is 0 Å². The average Bonchev–Trinajstić information content (AvgIpc) is 2.92. The fourth-order valence-corrected chi connectivity index (χ4v) is 4.81. The van der Waals surface area contributed by atoms with Crippen molar-refractivity contribution >= 4 is 29.3 Å². The smallest absolute Gasteiger partial charge is 0.269 e. The van der Waals surface area contributed by atoms with Gasteiger partial charge in [-0.25, -0.2) is 0 Å². The quantitative estimate of drug-likeness (QED) is 0.225. The van der Waals surface area contributed by atoms with E-state index < -0.39 is 11.0 Å². The Morgan fingerprint density at radius 1 is 0.947 bits per heavy atom. The summed E-state index contributed by atoms with van der Waals surface area (Å²) in [5.41, 5.74) is 4.00. The van der Waals surface area contributed by atoms with Crippen LogP contribution in [0.3, 0.4) is 0 Å². The molecule has 0 unspecified atom stereocenters. The van der Waals surface area contributed by atoms with Crippen molar-refractivity contribution < 1.29 is 14.5 Å². The number of non-ortho nitro benzene ring substituents is 1. The van der Waals surface area contributed by atoms with Crippen LogP contribution in [-0.4, -0.2) is 39.5 Å². The van der Waals surface area contributed by atoms with Crippen LogP contribution in [0.5, 0.6) is 0 Å². The van der Waals surface area contributed by atoms with Crippen molar-refractivity contribution in [2.24, 2.45) is 0 Å². The maximum atomic E-state index is 13.7. The Morgan fingerprint density at radius 3 is 2.18 bits per heavy atom. The second-order valence-electron chi connectivity index (χ2n) is 9.45. The molecule has 3 aromatic carbocycles. The Kier molecular flexibility index (Phi) is 10.9. The van der Waals surface area contributed by atoms with Crippen molar-refractivity contribution in [1.82, 2.24) is 10.2 Å². The normalized spacial score (nSPS) is 12.4. The number of hydrogen-bond acceptors (Lipinski definition) is 5. The van der Waals surface area contributed by atoms with Crippen molar-refractivity contribution in [1.29, 1.82) is 0 Å². The Bertz CT molecular complexity index is 1200. The van der Waals surface area contributed by atoms with Gasteiger partial charge in [-0.3, -0.25) is 19.7 Å². The Morgan fingerprint density at radius 2 is 1.58 bits per heavy atom. The molecule has 0 heterocycles. The molecular weight excluding hydrogens is 498 g/mol. The van der Waals surface area contributed by atoms with E-state index >= 15 is 0 Å². The molecule has 0 aromatic heterocycles. The molecule has 0 saturated carbocycles. The number of carbonyl (C=O) groups is 2. The maximum absolute atomic E-state index is 13.7. The fourth-order valence-electron chi connectivity index (χ4n) is 3.94. The third kappa shape index (κ3) is 8.73. The van der Waals surface area contributed by atoms with Crippen LogP contribution in [0.2, 0.25) is 0 Å². The molecular formula is C30H35N3O4S. The molecule has 0 bridgehead atoms. The molecule has 0 aliphatic heterocycles. The molecule has 7 nitrogen and oxygen atoms in total. The lowest BCUT2D eigenvalue weighted by Crippen LogP contribution is -2.52. The summed E-state index contributed by atoms with van der Waals surface area (Å²) in [5, 5.41) is 14.0. The lowest BCUT2D eigenvalue weighted by atomic mass is 10.0. The molecule has 2 atom stereocenters. The van der Waals surface area contributed by atoms with Gasteiger partial charge in [0.25, 0.3) is 5.69 Å². The standard InChI is InChI=1S/C30H35N3O4S/c1-4-23(3)31-30(35)28(18-24-8-6-5-7-9-24)32(19-25-12-10-22(2)11-13-25)29(34)21-38-20-26-14-16-27(17-15-26)33(36)37/h5-17,23,28H,4,18-21H2,1-3H3,(H,31,35)/t23-,28+/m1/s1. The Balaban J connectivity index is 1.82. The van der Waals surface area contributed by atoms with E-state index in [-0.39, 0.29) is 29.3 Å². The van der Waals surface area contributed by atoms with Gasteiger partial charge in [-0.05, 0) is 37.0 Å². The van der Waals surface area contributed by atoms with Crippen LogP contribution in [0.15, 0.2) is 78.9 Å². The molecule has 0 aliphatic carbocycles. The lowest BCUT2D eigenvalue weighted by molar-refractivity contribution is -0.384. The van der Waals surface area contributed by atoms with Gasteiger partial charge in [0.2, 0.25) is 11.8 Å². The molecule has 2 amide bonds. The number of aryl methyl sites for hydroxylation is 1. The number of benzene rings is 3. The van der Waals surface area contributed by atoms with E-state index in [9.17, 15) is 19.7 Å². The first kappa shape index (κ1) is 28.9. The van der Waals surface area contributed by atoms with E-state index in [1.807, 2.05) is 75.4 Å². The van der Waals surface area contributed by atoms with Gasteiger partial charge in [0, 0.05) is 36.9 Å². The fraction of sp³-hybridized carbons (Fsp3) is 0.333. The molecule has 0 saturated heterocycles. The third-order valence-electron chi connectivity index (χ3n) is 6.39. The number of amides is 2. The van der Waals surface area contributed by atoms with Crippen molar-refractivity contribution in [2.45, 2.75) is 58.0 Å². The van der Waals surface area contributed by atoms with Crippen LogP contribution in [0.4, 0.5) is 5.69 Å². The summed E-state index contributed by atoms with van der Waals surface area (Å²) in [7, 11) is 0. The van der Waals surface area contributed by atoms with E-state index in [1.165, 1.54) is 23.9 Å². The van der Waals surface area contributed by atoms with Crippen molar-refractivity contribution in [2.75, 3.05) is 5.75 Å². The Hall–Kier alpha value is -3.65. The number of thioether (sulfide) groups is 1. The van der Waals surface area contributed by atoms with E-state index in [4.69, 9.17) is 0 Å². The third-order valence-corrected chi connectivity index (χ3v) is 7.38. The molecule has 0 fully saturated rings. The van der Waals surface area contributed by atoms with E-state index in [0.29, 0.717) is 18.7 Å². The Labute approximate surface area is 228 Å². The first-order chi connectivity index (χ1) is 18.3. The molecule has 0 aliphatic rings. The predicted molar refractivity (Wildman–Crippen MR) is 153 cm³/mol. The van der Waals surface area contributed by atoms with Crippen LogP contribution in [-0.2, 0) is 28.3 Å². The highest BCUT2D eigenvalue weighted by atomic mass is 32.2. The molecule has 1 N–H and O–H groups in total. The van der Waals surface area contributed by atoms with Crippen molar-refractivity contribution in [3.63, 3.8) is 0 Å². The van der Waals surface area contributed by atoms with Crippen LogP contribution in [0.1, 0.15) is 42.5 Å². The zero-order valence-corrected chi connectivity index (χ0v) is 22.9. The van der Waals surface area contributed by atoms with Gasteiger partial charge in [-0.1, -0.05) is 79.2 Å². The second-order valence-corrected chi connectivity index (χ2v) is 10.4. The monoisotopic (exact) mass is 533 g/mol. The molecule has 38 heavy (non-hydrogen) atoms. The number of hydrogen-bond donors (Lipinski definition) is 1. The SMILES string of the molecule is CC[C@@H](C)NC(=O)[C@H](Cc1ccccc1)N(Cc1ccc(C)cc1)C(=O)CSCc1ccc([N+](=O)[O-])cc1. The average molecular weight is 534 g/mol. The van der Waals surface area contributed by atoms with Gasteiger partial charge < -0.3 is 10.2 Å². The molecule has 200 valence electrons. The van der Waals surface area contributed by atoms with E-state index in [0.717, 1.165) is 28.7 Å². The van der Waals surface area contributed by atoms with Crippen LogP contribution < -0.4 is 5.32 Å². The van der Waals surface area contributed by atoms with Gasteiger partial charge in [-0.2, -0.15) is 0 Å². The minimum absolute atomic E-state index is 0.00591. The second kappa shape index (κ2) is 14.3. The zero-order valence-electron chi connectivity index (χ0n) is 22.1. The predicted octanol–water partition coefficient (Wildman–Crippen LogP) is 5.69. The van der Waals surface area contributed by atoms with Crippen LogP contribution in [0, 0.1) is 17.0 Å². The summed E-state index contributed by atoms with van der Waals surface area (Å²) in [5.74, 6) is 0.427. The number of nitro groups is 1. The van der Waals surface area contributed by atoms with Crippen LogP contribution in [0.25, 0.3) is 0 Å². The van der Waals surface area contributed by atoms with Gasteiger partial charge in [-0.15, -0.1) is 11.8 Å². The number of rotatable bonds is 13. The largest absolute Gasteiger partial charge is 0.352 e. The maximum Gasteiger partial charge on any atom is 0.269 e. The van der Waals surface area contributed by atoms with E-state index in [2.05, 4.69) is 5.32 Å². The molecule has 0 spiro atoms. The zero-order chi connectivity index (χ0) is 27.5. The van der Waals surface area contributed by atoms with Gasteiger partial charge in [0.15, 0.2) is 0 Å². The summed E-state index contributed by atoms with van der Waals surface area (Å²) in [6, 6.07) is 23.4. The summed E-state index contributed by atoms with van der Waals surface area (Å²) in [4.78, 5) is 39.4.